The second-order valence-corrected chi connectivity index (χ2v) is 7.48. The van der Waals surface area contributed by atoms with Gasteiger partial charge in [0.15, 0.2) is 0 Å². The number of hydrogen-bond donors (Lipinski definition) is 1. The average molecular weight is 348 g/mol. The van der Waals surface area contributed by atoms with Crippen LogP contribution in [0.3, 0.4) is 0 Å². The van der Waals surface area contributed by atoms with E-state index in [-0.39, 0.29) is 11.6 Å². The number of nitrogens with zero attached hydrogens (tertiary/aromatic N) is 3. The molecule has 0 amide bonds. The van der Waals surface area contributed by atoms with Gasteiger partial charge >= 0.3 is 0 Å². The van der Waals surface area contributed by atoms with Crippen molar-refractivity contribution in [2.75, 3.05) is 14.2 Å². The molecule has 1 saturated carbocycles. The van der Waals surface area contributed by atoms with Crippen molar-refractivity contribution in [3.8, 4) is 0 Å². The topological polar surface area (TPSA) is 74.8 Å². The quantitative estimate of drug-likeness (QED) is 0.381. The van der Waals surface area contributed by atoms with E-state index < -0.39 is 0 Å². The second-order valence-electron chi connectivity index (χ2n) is 6.57. The van der Waals surface area contributed by atoms with Gasteiger partial charge in [-0.1, -0.05) is 4.31 Å². The summed E-state index contributed by atoms with van der Waals surface area (Å²) < 4.78 is 8.78. The third kappa shape index (κ3) is 7.65. The van der Waals surface area contributed by atoms with E-state index in [2.05, 4.69) is 30.8 Å². The molecule has 1 aliphatic carbocycles. The molecule has 0 aromatic carbocycles. The molecule has 0 saturated heterocycles. The second kappa shape index (κ2) is 10.3. The third-order valence-electron chi connectivity index (χ3n) is 3.94. The lowest BCUT2D eigenvalue weighted by molar-refractivity contribution is -0.166. The Labute approximate surface area is 143 Å². The summed E-state index contributed by atoms with van der Waals surface area (Å²) >= 11 is 0.731. The van der Waals surface area contributed by atoms with Gasteiger partial charge in [-0.3, -0.25) is 4.68 Å². The van der Waals surface area contributed by atoms with Crippen molar-refractivity contribution in [2.45, 2.75) is 64.1 Å². The maximum atomic E-state index is 5.14. The van der Waals surface area contributed by atoms with Gasteiger partial charge in [0, 0.05) is 23.8 Å². The van der Waals surface area contributed by atoms with Crippen molar-refractivity contribution < 1.29 is 14.1 Å². The normalized spacial score (nSPS) is 21.9. The Bertz CT molecular complexity index is 403. The molecule has 134 valence electrons. The maximum Gasteiger partial charge on any atom is 0.265 e. The number of nitrogens with two attached hydrogens (primary N) is 1. The molecular formula is C15H31N4O3S+. The zero-order valence-electron chi connectivity index (χ0n) is 14.8. The zero-order chi connectivity index (χ0) is 17.3. The standard InChI is InChI=1S/C9H15N3O.C6H15NO2S/c10-13-9-4-2-8(3-5-9)12-7-1-6-11-12;1-6(2,3)7(4)10-9-8-5/h1,6-9H,2-5,10H2;1-5H3/p+1. The number of rotatable bonds is 5. The van der Waals surface area contributed by atoms with Crippen molar-refractivity contribution in [3.63, 3.8) is 0 Å². The Balaban J connectivity index is 0.000000241. The minimum atomic E-state index is 0.125. The first-order chi connectivity index (χ1) is 10.9. The van der Waals surface area contributed by atoms with Gasteiger partial charge in [-0.05, 0) is 52.5 Å². The molecule has 1 aromatic rings. The van der Waals surface area contributed by atoms with Gasteiger partial charge in [0.1, 0.15) is 0 Å². The summed E-state index contributed by atoms with van der Waals surface area (Å²) in [4.78, 5) is 9.28. The van der Waals surface area contributed by atoms with Crippen LogP contribution in [0.5, 0.6) is 0 Å². The Morgan fingerprint density at radius 2 is 1.91 bits per heavy atom. The molecule has 0 spiro atoms. The van der Waals surface area contributed by atoms with E-state index in [0.717, 1.165) is 37.9 Å². The highest BCUT2D eigenvalue weighted by molar-refractivity contribution is 7.70. The highest BCUT2D eigenvalue weighted by Gasteiger charge is 2.25. The molecule has 7 nitrogen and oxygen atoms in total. The summed E-state index contributed by atoms with van der Waals surface area (Å²) in [6.45, 7) is 6.33. The van der Waals surface area contributed by atoms with Crippen LogP contribution in [-0.4, -0.2) is 39.9 Å². The number of hydrogen-bond acceptors (Lipinski definition) is 6. The average Bonchev–Trinajstić information content (AvgIpc) is 3.07. The number of aromatic nitrogens is 2. The van der Waals surface area contributed by atoms with Crippen LogP contribution in [0.1, 0.15) is 52.5 Å². The fraction of sp³-hybridized carbons (Fsp3) is 0.800. The summed E-state index contributed by atoms with van der Waals surface area (Å²) in [5, 5.41) is 4.24. The van der Waals surface area contributed by atoms with Crippen LogP contribution in [0.15, 0.2) is 18.5 Å². The zero-order valence-corrected chi connectivity index (χ0v) is 15.7. The molecule has 0 atom stereocenters. The van der Waals surface area contributed by atoms with E-state index in [1.807, 2.05) is 34.5 Å². The first kappa shape index (κ1) is 20.4. The minimum Gasteiger partial charge on any atom is -0.301 e. The fourth-order valence-electron chi connectivity index (χ4n) is 2.15. The van der Waals surface area contributed by atoms with Gasteiger partial charge in [0.2, 0.25) is 0 Å². The molecule has 0 unspecified atom stereocenters. The van der Waals surface area contributed by atoms with Gasteiger partial charge in [0.05, 0.1) is 24.8 Å². The summed E-state index contributed by atoms with van der Waals surface area (Å²) in [5.41, 5.74) is 0.125. The van der Waals surface area contributed by atoms with Crippen LogP contribution >= 0.6 is 0 Å². The van der Waals surface area contributed by atoms with Crippen LogP contribution in [0.25, 0.3) is 0 Å². The van der Waals surface area contributed by atoms with Crippen LogP contribution in [-0.2, 0) is 26.3 Å². The van der Waals surface area contributed by atoms with E-state index in [0.29, 0.717) is 6.04 Å². The Morgan fingerprint density at radius 3 is 2.35 bits per heavy atom. The molecule has 2 rings (SSSR count). The molecule has 8 heteroatoms. The van der Waals surface area contributed by atoms with Gasteiger partial charge in [-0.25, -0.2) is 5.90 Å². The lowest BCUT2D eigenvalue weighted by Gasteiger charge is -2.27. The summed E-state index contributed by atoms with van der Waals surface area (Å²) in [7, 11) is 3.48. The van der Waals surface area contributed by atoms with Crippen LogP contribution < -0.4 is 5.90 Å². The van der Waals surface area contributed by atoms with Crippen molar-refractivity contribution in [3.05, 3.63) is 18.5 Å². The first-order valence-electron chi connectivity index (χ1n) is 7.87. The van der Waals surface area contributed by atoms with Gasteiger partial charge < -0.3 is 4.84 Å². The van der Waals surface area contributed by atoms with Crippen LogP contribution in [0, 0.1) is 0 Å². The number of thiol groups is 1. The molecule has 2 N–H and O–H groups in total. The van der Waals surface area contributed by atoms with Crippen molar-refractivity contribution in [2.24, 2.45) is 5.90 Å². The molecule has 0 radical (unpaired) electrons. The van der Waals surface area contributed by atoms with E-state index in [4.69, 9.17) is 15.1 Å². The van der Waals surface area contributed by atoms with E-state index >= 15 is 0 Å². The van der Waals surface area contributed by atoms with E-state index in [9.17, 15) is 0 Å². The minimum absolute atomic E-state index is 0.125. The highest BCUT2D eigenvalue weighted by atomic mass is 32.2. The maximum absolute atomic E-state index is 5.14. The fourth-order valence-corrected chi connectivity index (χ4v) is 2.56. The molecule has 1 fully saturated rings. The van der Waals surface area contributed by atoms with Gasteiger partial charge in [-0.2, -0.15) is 9.99 Å². The van der Waals surface area contributed by atoms with Crippen molar-refractivity contribution in [1.29, 1.82) is 0 Å². The lowest BCUT2D eigenvalue weighted by Crippen LogP contribution is -2.37. The summed E-state index contributed by atoms with van der Waals surface area (Å²) in [6, 6.07) is 2.51. The third-order valence-corrected chi connectivity index (χ3v) is 5.00. The molecule has 1 heterocycles. The lowest BCUT2D eigenvalue weighted by atomic mass is 9.93. The van der Waals surface area contributed by atoms with Crippen molar-refractivity contribution in [1.82, 2.24) is 14.1 Å². The highest BCUT2D eigenvalue weighted by Crippen LogP contribution is 2.28. The molecular weight excluding hydrogens is 316 g/mol. The smallest absolute Gasteiger partial charge is 0.265 e. The largest absolute Gasteiger partial charge is 0.301 e. The van der Waals surface area contributed by atoms with Gasteiger partial charge in [0.25, 0.3) is 12.2 Å². The predicted molar refractivity (Wildman–Crippen MR) is 93.2 cm³/mol. The molecule has 23 heavy (non-hydrogen) atoms. The molecule has 0 aliphatic heterocycles. The predicted octanol–water partition coefficient (Wildman–Crippen LogP) is 2.20. The van der Waals surface area contributed by atoms with Crippen LogP contribution in [0.2, 0.25) is 0 Å². The Morgan fingerprint density at radius 1 is 1.26 bits per heavy atom. The van der Waals surface area contributed by atoms with Gasteiger partial charge in [-0.15, -0.1) is 0 Å². The molecule has 1 aliphatic rings. The van der Waals surface area contributed by atoms with E-state index in [1.54, 1.807) is 0 Å². The van der Waals surface area contributed by atoms with E-state index in [1.165, 1.54) is 7.11 Å². The monoisotopic (exact) mass is 347 g/mol. The Hall–Kier alpha value is -0.640. The van der Waals surface area contributed by atoms with Crippen LogP contribution in [0.4, 0.5) is 0 Å². The summed E-state index contributed by atoms with van der Waals surface area (Å²) in [5.74, 6) is 5.14. The molecule has 0 bridgehead atoms. The Kier molecular flexibility index (Phi) is 9.11. The first-order valence-corrected chi connectivity index (χ1v) is 8.64. The SMILES string of the molecule is COO[SH+]N(C)C(C)(C)C.NOC1CCC(n2cccn2)CC1. The van der Waals surface area contributed by atoms with Crippen molar-refractivity contribution >= 4 is 12.2 Å². The molecule has 1 aromatic heterocycles. The summed E-state index contributed by atoms with van der Waals surface area (Å²) in [6.07, 6.45) is 8.42.